The second kappa shape index (κ2) is 7.84. The first-order valence-electron chi connectivity index (χ1n) is 9.62. The first-order chi connectivity index (χ1) is 13.6. The van der Waals surface area contributed by atoms with Crippen molar-refractivity contribution in [1.29, 1.82) is 0 Å². The zero-order valence-electron chi connectivity index (χ0n) is 16.1. The number of ether oxygens (including phenoxy) is 1. The molecule has 6 heteroatoms. The van der Waals surface area contributed by atoms with E-state index < -0.39 is 0 Å². The predicted octanol–water partition coefficient (Wildman–Crippen LogP) is 4.26. The minimum Gasteiger partial charge on any atom is -0.491 e. The summed E-state index contributed by atoms with van der Waals surface area (Å²) < 4.78 is 11.0. The van der Waals surface area contributed by atoms with Crippen LogP contribution in [-0.2, 0) is 12.8 Å². The maximum atomic E-state index is 12.4. The Bertz CT molecular complexity index is 1060. The molecule has 2 aromatic heterocycles. The number of aromatic amines is 1. The molecule has 0 fully saturated rings. The highest BCUT2D eigenvalue weighted by atomic mass is 16.5. The number of aromatic nitrogens is 3. The molecule has 0 saturated heterocycles. The summed E-state index contributed by atoms with van der Waals surface area (Å²) in [5.74, 6) is 1.47. The average Bonchev–Trinajstić information content (AvgIpc) is 3.14. The number of nitrogens with zero attached hydrogens (tertiary/aromatic N) is 2. The van der Waals surface area contributed by atoms with E-state index in [1.807, 2.05) is 50.3 Å². The Hall–Kier alpha value is -3.15. The van der Waals surface area contributed by atoms with Crippen molar-refractivity contribution in [3.63, 3.8) is 0 Å². The molecule has 28 heavy (non-hydrogen) atoms. The molecule has 0 bridgehead atoms. The van der Waals surface area contributed by atoms with Crippen LogP contribution in [0.2, 0.25) is 0 Å². The van der Waals surface area contributed by atoms with Gasteiger partial charge in [-0.3, -0.25) is 4.79 Å². The van der Waals surface area contributed by atoms with Crippen molar-refractivity contribution in [2.75, 3.05) is 0 Å². The minimum absolute atomic E-state index is 0.118. The van der Waals surface area contributed by atoms with Crippen LogP contribution < -0.4 is 10.3 Å². The lowest BCUT2D eigenvalue weighted by Gasteiger charge is -2.15. The molecule has 0 radical (unpaired) electrons. The highest BCUT2D eigenvalue weighted by Crippen LogP contribution is 2.22. The molecule has 3 aromatic rings. The van der Waals surface area contributed by atoms with Gasteiger partial charge in [0.15, 0.2) is 0 Å². The summed E-state index contributed by atoms with van der Waals surface area (Å²) in [7, 11) is 0. The molecular weight excluding hydrogens is 354 g/mol. The van der Waals surface area contributed by atoms with Gasteiger partial charge in [-0.2, -0.15) is 4.98 Å². The monoisotopic (exact) mass is 377 g/mol. The number of benzene rings is 1. The van der Waals surface area contributed by atoms with Crippen LogP contribution in [0.3, 0.4) is 0 Å². The third kappa shape index (κ3) is 4.06. The van der Waals surface area contributed by atoms with Gasteiger partial charge in [-0.1, -0.05) is 17.3 Å². The van der Waals surface area contributed by atoms with Gasteiger partial charge >= 0.3 is 0 Å². The number of hydrogen-bond acceptors (Lipinski definition) is 5. The van der Waals surface area contributed by atoms with Crippen LogP contribution in [0.5, 0.6) is 5.75 Å². The minimum atomic E-state index is -0.171. The highest BCUT2D eigenvalue weighted by molar-refractivity contribution is 5.67. The summed E-state index contributed by atoms with van der Waals surface area (Å²) >= 11 is 0. The Labute approximate surface area is 163 Å². The SMILES string of the molecule is CC(C)Oc1cccc(/C=C/c2nc(-c3cc4c([nH]c3=O)CCCC4)no2)c1. The number of aryl methyl sites for hydroxylation is 2. The van der Waals surface area contributed by atoms with Crippen molar-refractivity contribution in [2.45, 2.75) is 45.6 Å². The Morgan fingerprint density at radius 1 is 1.18 bits per heavy atom. The first kappa shape index (κ1) is 18.2. The summed E-state index contributed by atoms with van der Waals surface area (Å²) in [4.78, 5) is 19.7. The van der Waals surface area contributed by atoms with E-state index in [1.54, 1.807) is 6.08 Å². The van der Waals surface area contributed by atoms with Crippen molar-refractivity contribution in [3.8, 4) is 17.1 Å². The largest absolute Gasteiger partial charge is 0.491 e. The number of rotatable bonds is 5. The summed E-state index contributed by atoms with van der Waals surface area (Å²) in [6.07, 6.45) is 7.87. The van der Waals surface area contributed by atoms with Gasteiger partial charge in [0.1, 0.15) is 5.75 Å². The number of H-pyrrole nitrogens is 1. The summed E-state index contributed by atoms with van der Waals surface area (Å²) in [5, 5.41) is 3.98. The van der Waals surface area contributed by atoms with Gasteiger partial charge in [0.2, 0.25) is 5.82 Å². The lowest BCUT2D eigenvalue weighted by atomic mass is 9.95. The van der Waals surface area contributed by atoms with E-state index >= 15 is 0 Å². The average molecular weight is 377 g/mol. The number of hydrogen-bond donors (Lipinski definition) is 1. The molecular formula is C22H23N3O3. The molecule has 6 nitrogen and oxygen atoms in total. The van der Waals surface area contributed by atoms with Gasteiger partial charge in [-0.05, 0) is 74.9 Å². The molecule has 0 unspecified atom stereocenters. The summed E-state index contributed by atoms with van der Waals surface area (Å²) in [6.45, 7) is 3.98. The van der Waals surface area contributed by atoms with Crippen molar-refractivity contribution in [2.24, 2.45) is 0 Å². The van der Waals surface area contributed by atoms with Crippen LogP contribution in [0.1, 0.15) is 49.4 Å². The fraction of sp³-hybridized carbons (Fsp3) is 0.318. The van der Waals surface area contributed by atoms with Crippen LogP contribution in [0, 0.1) is 0 Å². The zero-order chi connectivity index (χ0) is 19.5. The normalized spacial score (nSPS) is 13.8. The van der Waals surface area contributed by atoms with Crippen molar-refractivity contribution < 1.29 is 9.26 Å². The molecule has 1 aliphatic carbocycles. The van der Waals surface area contributed by atoms with Crippen LogP contribution in [0.15, 0.2) is 39.6 Å². The van der Waals surface area contributed by atoms with Crippen LogP contribution in [0.25, 0.3) is 23.5 Å². The van der Waals surface area contributed by atoms with E-state index in [2.05, 4.69) is 15.1 Å². The van der Waals surface area contributed by atoms with Gasteiger partial charge < -0.3 is 14.2 Å². The second-order valence-corrected chi connectivity index (χ2v) is 7.25. The quantitative estimate of drug-likeness (QED) is 0.718. The van der Waals surface area contributed by atoms with Gasteiger partial charge in [0.25, 0.3) is 11.4 Å². The number of pyridine rings is 1. The third-order valence-electron chi connectivity index (χ3n) is 4.67. The molecule has 0 atom stereocenters. The molecule has 0 saturated carbocycles. The molecule has 1 aromatic carbocycles. The van der Waals surface area contributed by atoms with E-state index in [4.69, 9.17) is 9.26 Å². The molecule has 144 valence electrons. The van der Waals surface area contributed by atoms with Crippen LogP contribution in [0.4, 0.5) is 0 Å². The van der Waals surface area contributed by atoms with Crippen molar-refractivity contribution in [1.82, 2.24) is 15.1 Å². The van der Waals surface area contributed by atoms with Crippen LogP contribution in [-0.4, -0.2) is 21.2 Å². The summed E-state index contributed by atoms with van der Waals surface area (Å²) in [5.41, 5.74) is 3.45. The Morgan fingerprint density at radius 3 is 2.89 bits per heavy atom. The Balaban J connectivity index is 1.55. The second-order valence-electron chi connectivity index (χ2n) is 7.25. The maximum Gasteiger partial charge on any atom is 0.259 e. The maximum absolute atomic E-state index is 12.4. The fourth-order valence-electron chi connectivity index (χ4n) is 3.38. The van der Waals surface area contributed by atoms with E-state index in [9.17, 15) is 4.79 Å². The lowest BCUT2D eigenvalue weighted by Crippen LogP contribution is -2.17. The zero-order valence-corrected chi connectivity index (χ0v) is 16.1. The van der Waals surface area contributed by atoms with Gasteiger partial charge in [0, 0.05) is 11.8 Å². The van der Waals surface area contributed by atoms with E-state index in [0.29, 0.717) is 17.3 Å². The molecule has 1 N–H and O–H groups in total. The van der Waals surface area contributed by atoms with Gasteiger partial charge in [0.05, 0.1) is 11.7 Å². The molecule has 0 amide bonds. The predicted molar refractivity (Wildman–Crippen MR) is 108 cm³/mol. The molecule has 0 spiro atoms. The Kier molecular flexibility index (Phi) is 5.10. The van der Waals surface area contributed by atoms with Gasteiger partial charge in [-0.15, -0.1) is 0 Å². The van der Waals surface area contributed by atoms with Crippen LogP contribution >= 0.6 is 0 Å². The third-order valence-corrected chi connectivity index (χ3v) is 4.67. The van der Waals surface area contributed by atoms with Crippen molar-refractivity contribution in [3.05, 3.63) is 63.4 Å². The smallest absolute Gasteiger partial charge is 0.259 e. The Morgan fingerprint density at radius 2 is 2.04 bits per heavy atom. The molecule has 0 aliphatic heterocycles. The van der Waals surface area contributed by atoms with E-state index in [1.165, 1.54) is 5.56 Å². The molecule has 1 aliphatic rings. The first-order valence-corrected chi connectivity index (χ1v) is 9.62. The topological polar surface area (TPSA) is 81.0 Å². The fourth-order valence-corrected chi connectivity index (χ4v) is 3.38. The molecule has 4 rings (SSSR count). The number of nitrogens with one attached hydrogen (secondary N) is 1. The standard InChI is InChI=1S/C22H23N3O3/c1-14(2)27-17-8-5-6-15(12-17)10-11-20-24-21(25-28-20)18-13-16-7-3-4-9-19(16)23-22(18)26/h5-6,8,10-14H,3-4,7,9H2,1-2H3,(H,23,26)/b11-10+. The van der Waals surface area contributed by atoms with Gasteiger partial charge in [-0.25, -0.2) is 0 Å². The molecule has 2 heterocycles. The summed E-state index contributed by atoms with van der Waals surface area (Å²) in [6, 6.07) is 9.67. The van der Waals surface area contributed by atoms with E-state index in [-0.39, 0.29) is 11.7 Å². The number of fused-ring (bicyclic) bond motifs is 1. The van der Waals surface area contributed by atoms with Crippen molar-refractivity contribution >= 4 is 12.2 Å². The van der Waals surface area contributed by atoms with E-state index in [0.717, 1.165) is 42.7 Å². The highest BCUT2D eigenvalue weighted by Gasteiger charge is 2.16. The lowest BCUT2D eigenvalue weighted by molar-refractivity contribution is 0.242.